The first-order valence-electron chi connectivity index (χ1n) is 9.92. The van der Waals surface area contributed by atoms with E-state index < -0.39 is 29.4 Å². The Morgan fingerprint density at radius 2 is 2.00 bits per heavy atom. The van der Waals surface area contributed by atoms with Crippen LogP contribution >= 0.6 is 12.6 Å². The van der Waals surface area contributed by atoms with Gasteiger partial charge in [-0.3, -0.25) is 4.90 Å². The minimum Gasteiger partial charge on any atom is -0.343 e. The summed E-state index contributed by atoms with van der Waals surface area (Å²) in [6, 6.07) is 1.20. The number of aliphatic hydroxyl groups excluding tert-OH is 1. The average Bonchev–Trinajstić information content (AvgIpc) is 2.90. The maximum absolute atomic E-state index is 14.3. The third-order valence-electron chi connectivity index (χ3n) is 5.98. The molecule has 1 saturated heterocycles. The third-order valence-corrected chi connectivity index (χ3v) is 6.51. The van der Waals surface area contributed by atoms with Gasteiger partial charge in [0.2, 0.25) is 11.7 Å². The zero-order valence-corrected chi connectivity index (χ0v) is 18.8. The van der Waals surface area contributed by atoms with Gasteiger partial charge in [0.15, 0.2) is 0 Å². The number of aliphatic hydroxyl groups is 1. The van der Waals surface area contributed by atoms with Gasteiger partial charge in [-0.1, -0.05) is 51.3 Å². The van der Waals surface area contributed by atoms with E-state index in [0.717, 1.165) is 6.08 Å². The van der Waals surface area contributed by atoms with Crippen LogP contribution in [0.4, 0.5) is 17.6 Å². The van der Waals surface area contributed by atoms with Crippen LogP contribution in [0.1, 0.15) is 27.7 Å². The molecule has 0 spiro atoms. The van der Waals surface area contributed by atoms with E-state index in [-0.39, 0.29) is 23.7 Å². The molecule has 1 fully saturated rings. The molecule has 0 bridgehead atoms. The zero-order chi connectivity index (χ0) is 23.7. The maximum atomic E-state index is 14.3. The summed E-state index contributed by atoms with van der Waals surface area (Å²) in [7, 11) is 0. The van der Waals surface area contributed by atoms with E-state index in [2.05, 4.69) is 19.2 Å². The summed E-state index contributed by atoms with van der Waals surface area (Å²) in [4.78, 5) is 2.40. The molecule has 1 heterocycles. The van der Waals surface area contributed by atoms with Crippen LogP contribution in [0.2, 0.25) is 0 Å². The standard InChI is InChI=1S/C22H27F4N3OS/c1-12-9-18(10-19(23)14(12)3)29-16(5)20(30)28(21(29)31)13(2)7-6-8-17(11-27)15(4)22(24,25)26/h6-10,12,14,16-17,20-21,30-31H,4H2,1-3,5H3/p+1. The van der Waals surface area contributed by atoms with Gasteiger partial charge < -0.3 is 10.0 Å². The van der Waals surface area contributed by atoms with E-state index >= 15 is 0 Å². The average molecular weight is 459 g/mol. The van der Waals surface area contributed by atoms with Gasteiger partial charge in [-0.15, -0.1) is 0 Å². The lowest BCUT2D eigenvalue weighted by atomic mass is 9.89. The second kappa shape index (κ2) is 9.63. The molecule has 1 aliphatic carbocycles. The predicted molar refractivity (Wildman–Crippen MR) is 114 cm³/mol. The molecule has 4 nitrogen and oxygen atoms in total. The number of halogens is 4. The SMILES string of the molecule is C=C(C(C#N)C=CC=C(C)[NH+]1C(O)C(C)N(C2=CC(C)C(C)C(F)=C2)C1S)C(F)(F)F. The summed E-state index contributed by atoms with van der Waals surface area (Å²) in [6.07, 6.45) is 1.84. The quantitative estimate of drug-likeness (QED) is 0.254. The Bertz CT molecular complexity index is 871. The van der Waals surface area contributed by atoms with E-state index in [1.165, 1.54) is 18.2 Å². The number of hydrogen-bond donors (Lipinski definition) is 3. The normalized spacial score (nSPS) is 33.2. The molecule has 7 atom stereocenters. The Kier molecular flexibility index (Phi) is 7.84. The number of quaternary nitrogens is 1. The van der Waals surface area contributed by atoms with Gasteiger partial charge >= 0.3 is 6.18 Å². The number of nitrogens with one attached hydrogen (secondary N) is 1. The lowest BCUT2D eigenvalue weighted by Gasteiger charge is -2.31. The molecule has 0 amide bonds. The van der Waals surface area contributed by atoms with Gasteiger partial charge in [0, 0.05) is 24.1 Å². The van der Waals surface area contributed by atoms with Crippen LogP contribution in [0, 0.1) is 29.1 Å². The second-order valence-electron chi connectivity index (χ2n) is 8.05. The number of hydrogen-bond acceptors (Lipinski definition) is 4. The number of nitriles is 1. The number of alkyl halides is 3. The van der Waals surface area contributed by atoms with Gasteiger partial charge in [0.05, 0.1) is 12.0 Å². The highest BCUT2D eigenvalue weighted by molar-refractivity contribution is 7.80. The Balaban J connectivity index is 2.24. The minimum absolute atomic E-state index is 0.0156. The Morgan fingerprint density at radius 3 is 2.52 bits per heavy atom. The maximum Gasteiger partial charge on any atom is 0.413 e. The molecule has 7 unspecified atom stereocenters. The van der Waals surface area contributed by atoms with Crippen molar-refractivity contribution in [3.8, 4) is 6.07 Å². The zero-order valence-electron chi connectivity index (χ0n) is 17.9. The Labute approximate surface area is 185 Å². The molecule has 0 radical (unpaired) electrons. The van der Waals surface area contributed by atoms with E-state index in [0.29, 0.717) is 16.3 Å². The molecule has 2 N–H and O–H groups in total. The number of rotatable bonds is 5. The highest BCUT2D eigenvalue weighted by Gasteiger charge is 2.48. The molecular weight excluding hydrogens is 430 g/mol. The van der Waals surface area contributed by atoms with Crippen LogP contribution in [0.15, 0.2) is 59.8 Å². The van der Waals surface area contributed by atoms with Crippen molar-refractivity contribution in [3.05, 3.63) is 59.8 Å². The monoisotopic (exact) mass is 458 g/mol. The van der Waals surface area contributed by atoms with Crippen molar-refractivity contribution < 1.29 is 27.6 Å². The first kappa shape index (κ1) is 25.2. The topological polar surface area (TPSA) is 51.7 Å². The summed E-state index contributed by atoms with van der Waals surface area (Å²) in [5.41, 5.74) is -0.435. The number of thiol groups is 1. The lowest BCUT2D eigenvalue weighted by molar-refractivity contribution is -0.910. The fourth-order valence-electron chi connectivity index (χ4n) is 3.72. The molecule has 9 heteroatoms. The van der Waals surface area contributed by atoms with E-state index in [9.17, 15) is 22.7 Å². The first-order chi connectivity index (χ1) is 14.3. The van der Waals surface area contributed by atoms with Crippen LogP contribution in [-0.4, -0.2) is 34.0 Å². The highest BCUT2D eigenvalue weighted by atomic mass is 32.1. The van der Waals surface area contributed by atoms with Crippen LogP contribution < -0.4 is 4.90 Å². The molecule has 0 aromatic heterocycles. The summed E-state index contributed by atoms with van der Waals surface area (Å²) < 4.78 is 52.6. The summed E-state index contributed by atoms with van der Waals surface area (Å²) in [5, 5.41) is 19.8. The largest absolute Gasteiger partial charge is 0.413 e. The second-order valence-corrected chi connectivity index (χ2v) is 8.54. The summed E-state index contributed by atoms with van der Waals surface area (Å²) >= 11 is 4.64. The molecular formula is C22H28F4N3OS+. The van der Waals surface area contributed by atoms with Crippen molar-refractivity contribution in [2.75, 3.05) is 0 Å². The van der Waals surface area contributed by atoms with Gasteiger partial charge in [-0.25, -0.2) is 4.39 Å². The van der Waals surface area contributed by atoms with Crippen LogP contribution in [0.5, 0.6) is 0 Å². The van der Waals surface area contributed by atoms with Gasteiger partial charge in [0.25, 0.3) is 0 Å². The smallest absolute Gasteiger partial charge is 0.343 e. The van der Waals surface area contributed by atoms with Gasteiger partial charge in [-0.2, -0.15) is 18.4 Å². The predicted octanol–water partition coefficient (Wildman–Crippen LogP) is 3.85. The molecule has 0 aromatic carbocycles. The van der Waals surface area contributed by atoms with E-state index in [1.807, 2.05) is 24.8 Å². The molecule has 2 aliphatic rings. The Morgan fingerprint density at radius 1 is 1.39 bits per heavy atom. The summed E-state index contributed by atoms with van der Waals surface area (Å²) in [5.74, 6) is -1.98. The fraction of sp³-hybridized carbons (Fsp3) is 0.500. The Hall–Kier alpha value is -2.02. The van der Waals surface area contributed by atoms with Crippen molar-refractivity contribution in [2.45, 2.75) is 51.6 Å². The molecule has 31 heavy (non-hydrogen) atoms. The number of nitrogens with zero attached hydrogens (tertiary/aromatic N) is 2. The molecule has 2 rings (SSSR count). The van der Waals surface area contributed by atoms with Crippen LogP contribution in [0.25, 0.3) is 0 Å². The summed E-state index contributed by atoms with van der Waals surface area (Å²) in [6.45, 7) is 10.2. The third kappa shape index (κ3) is 5.25. The highest BCUT2D eigenvalue weighted by Crippen LogP contribution is 2.34. The van der Waals surface area contributed by atoms with Crippen molar-refractivity contribution in [1.82, 2.24) is 4.90 Å². The van der Waals surface area contributed by atoms with Crippen LogP contribution in [-0.2, 0) is 0 Å². The van der Waals surface area contributed by atoms with Gasteiger partial charge in [-0.05, 0) is 25.0 Å². The lowest BCUT2D eigenvalue weighted by Crippen LogP contribution is -3.15. The van der Waals surface area contributed by atoms with E-state index in [4.69, 9.17) is 5.26 Å². The minimum atomic E-state index is -4.66. The van der Waals surface area contributed by atoms with Crippen molar-refractivity contribution in [3.63, 3.8) is 0 Å². The number of allylic oxidation sites excluding steroid dienone is 8. The molecule has 0 aromatic rings. The molecule has 170 valence electrons. The molecule has 0 saturated carbocycles. The molecule has 1 aliphatic heterocycles. The van der Waals surface area contributed by atoms with Crippen molar-refractivity contribution in [1.29, 1.82) is 5.26 Å². The fourth-order valence-corrected chi connectivity index (χ4v) is 4.42. The van der Waals surface area contributed by atoms with Crippen molar-refractivity contribution in [2.24, 2.45) is 17.8 Å². The van der Waals surface area contributed by atoms with Crippen LogP contribution in [0.3, 0.4) is 0 Å². The van der Waals surface area contributed by atoms with Crippen molar-refractivity contribution >= 4 is 12.6 Å². The van der Waals surface area contributed by atoms with Gasteiger partial charge in [0.1, 0.15) is 17.6 Å². The van der Waals surface area contributed by atoms with E-state index in [1.54, 1.807) is 19.9 Å². The first-order valence-corrected chi connectivity index (χ1v) is 10.4.